The van der Waals surface area contributed by atoms with Crippen molar-refractivity contribution in [1.82, 2.24) is 4.90 Å². The highest BCUT2D eigenvalue weighted by molar-refractivity contribution is 6.22. The molecule has 0 N–H and O–H groups in total. The molecule has 0 spiro atoms. The number of benzene rings is 1. The monoisotopic (exact) mass is 286 g/mol. The second-order valence-electron chi connectivity index (χ2n) is 5.09. The summed E-state index contributed by atoms with van der Waals surface area (Å²) in [6.07, 6.45) is -4.45. The number of rotatable bonds is 1. The van der Waals surface area contributed by atoms with Gasteiger partial charge in [0.1, 0.15) is 5.54 Å². The Bertz CT molecular complexity index is 564. The third-order valence-corrected chi connectivity index (χ3v) is 3.50. The standard InChI is InChI=1S/C13H13F3N2O2/c1-12(2)10(19)18(11(20)17(12)3)9-6-4-8(5-7-9)13(14,15)16/h4-7H,1-3H3. The third kappa shape index (κ3) is 2.03. The molecule has 1 aromatic rings. The van der Waals surface area contributed by atoms with Crippen molar-refractivity contribution >= 4 is 17.6 Å². The number of amides is 3. The number of anilines is 1. The number of hydrogen-bond acceptors (Lipinski definition) is 2. The van der Waals surface area contributed by atoms with Crippen LogP contribution >= 0.6 is 0 Å². The van der Waals surface area contributed by atoms with Gasteiger partial charge in [0.2, 0.25) is 0 Å². The quantitative estimate of drug-likeness (QED) is 0.745. The van der Waals surface area contributed by atoms with Crippen molar-refractivity contribution in [1.29, 1.82) is 0 Å². The first-order chi connectivity index (χ1) is 9.06. The summed E-state index contributed by atoms with van der Waals surface area (Å²) in [5, 5.41) is 0. The van der Waals surface area contributed by atoms with Gasteiger partial charge >= 0.3 is 12.2 Å². The van der Waals surface area contributed by atoms with E-state index in [1.807, 2.05) is 0 Å². The minimum absolute atomic E-state index is 0.130. The molecule has 0 saturated carbocycles. The zero-order chi connectivity index (χ0) is 15.3. The van der Waals surface area contributed by atoms with Gasteiger partial charge in [-0.2, -0.15) is 13.2 Å². The van der Waals surface area contributed by atoms with Crippen LogP contribution in [0.2, 0.25) is 0 Å². The Morgan fingerprint density at radius 2 is 1.55 bits per heavy atom. The number of likely N-dealkylation sites (N-methyl/N-ethyl adjacent to an activating group) is 1. The van der Waals surface area contributed by atoms with Gasteiger partial charge in [-0.15, -0.1) is 0 Å². The second kappa shape index (κ2) is 4.22. The van der Waals surface area contributed by atoms with Crippen molar-refractivity contribution < 1.29 is 22.8 Å². The maximum atomic E-state index is 12.5. The first kappa shape index (κ1) is 14.4. The molecule has 0 atom stereocenters. The van der Waals surface area contributed by atoms with E-state index in [2.05, 4.69) is 0 Å². The average Bonchev–Trinajstić information content (AvgIpc) is 2.50. The summed E-state index contributed by atoms with van der Waals surface area (Å²) in [6.45, 7) is 3.16. The number of imide groups is 1. The van der Waals surface area contributed by atoms with Crippen LogP contribution in [0.15, 0.2) is 24.3 Å². The lowest BCUT2D eigenvalue weighted by Gasteiger charge is -2.22. The van der Waals surface area contributed by atoms with Crippen molar-refractivity contribution in [3.8, 4) is 0 Å². The van der Waals surface area contributed by atoms with Crippen LogP contribution in [-0.4, -0.2) is 29.4 Å². The SMILES string of the molecule is CN1C(=O)N(c2ccc(C(F)(F)F)cc2)C(=O)C1(C)C. The molecule has 0 aliphatic carbocycles. The Morgan fingerprint density at radius 1 is 1.05 bits per heavy atom. The van der Waals surface area contributed by atoms with Gasteiger partial charge in [-0.3, -0.25) is 4.79 Å². The Labute approximate surface area is 113 Å². The fraction of sp³-hybridized carbons (Fsp3) is 0.385. The summed E-state index contributed by atoms with van der Waals surface area (Å²) in [6, 6.07) is 3.38. The molecule has 0 radical (unpaired) electrons. The molecule has 2 rings (SSSR count). The number of halogens is 3. The molecule has 0 bridgehead atoms. The fourth-order valence-corrected chi connectivity index (χ4v) is 1.92. The molecule has 1 aromatic carbocycles. The molecular formula is C13H13F3N2O2. The van der Waals surface area contributed by atoms with Gasteiger partial charge in [0.25, 0.3) is 5.91 Å². The molecule has 1 aliphatic heterocycles. The Balaban J connectivity index is 2.38. The van der Waals surface area contributed by atoms with E-state index >= 15 is 0 Å². The van der Waals surface area contributed by atoms with E-state index in [1.54, 1.807) is 13.8 Å². The molecule has 20 heavy (non-hydrogen) atoms. The van der Waals surface area contributed by atoms with E-state index in [-0.39, 0.29) is 5.69 Å². The lowest BCUT2D eigenvalue weighted by atomic mass is 10.0. The highest BCUT2D eigenvalue weighted by Crippen LogP contribution is 2.33. The van der Waals surface area contributed by atoms with Gasteiger partial charge in [0.15, 0.2) is 0 Å². The Kier molecular flexibility index (Phi) is 3.03. The Morgan fingerprint density at radius 3 is 1.90 bits per heavy atom. The third-order valence-electron chi connectivity index (χ3n) is 3.50. The van der Waals surface area contributed by atoms with Crippen LogP contribution in [-0.2, 0) is 11.0 Å². The largest absolute Gasteiger partial charge is 0.416 e. The van der Waals surface area contributed by atoms with E-state index in [0.29, 0.717) is 0 Å². The average molecular weight is 286 g/mol. The number of hydrogen-bond donors (Lipinski definition) is 0. The molecule has 0 aromatic heterocycles. The zero-order valence-corrected chi connectivity index (χ0v) is 11.2. The van der Waals surface area contributed by atoms with Crippen LogP contribution in [0.5, 0.6) is 0 Å². The van der Waals surface area contributed by atoms with Crippen LogP contribution in [0.4, 0.5) is 23.7 Å². The van der Waals surface area contributed by atoms with E-state index in [0.717, 1.165) is 29.2 Å². The molecule has 1 saturated heterocycles. The summed E-state index contributed by atoms with van der Waals surface area (Å²) in [5.74, 6) is -0.468. The minimum atomic E-state index is -4.45. The number of carbonyl (C=O) groups excluding carboxylic acids is 2. The molecule has 1 heterocycles. The number of urea groups is 1. The molecule has 7 heteroatoms. The van der Waals surface area contributed by atoms with Crippen LogP contribution in [0.25, 0.3) is 0 Å². The molecule has 3 amide bonds. The van der Waals surface area contributed by atoms with Crippen molar-refractivity contribution in [2.24, 2.45) is 0 Å². The van der Waals surface area contributed by atoms with Crippen molar-refractivity contribution in [3.05, 3.63) is 29.8 Å². The summed E-state index contributed by atoms with van der Waals surface area (Å²) in [5.41, 5.74) is -1.71. The topological polar surface area (TPSA) is 40.6 Å². The van der Waals surface area contributed by atoms with Crippen molar-refractivity contribution in [3.63, 3.8) is 0 Å². The van der Waals surface area contributed by atoms with Gasteiger partial charge in [-0.25, -0.2) is 9.69 Å². The summed E-state index contributed by atoms with van der Waals surface area (Å²) >= 11 is 0. The molecular weight excluding hydrogens is 273 g/mol. The highest BCUT2D eigenvalue weighted by Gasteiger charge is 2.50. The maximum absolute atomic E-state index is 12.5. The number of alkyl halides is 3. The fourth-order valence-electron chi connectivity index (χ4n) is 1.92. The van der Waals surface area contributed by atoms with Crippen molar-refractivity contribution in [2.45, 2.75) is 25.6 Å². The normalized spacial score (nSPS) is 18.9. The first-order valence-electron chi connectivity index (χ1n) is 5.86. The lowest BCUT2D eigenvalue weighted by molar-refractivity contribution is -0.137. The first-order valence-corrected chi connectivity index (χ1v) is 5.86. The van der Waals surface area contributed by atoms with Gasteiger partial charge < -0.3 is 4.90 Å². The predicted molar refractivity (Wildman–Crippen MR) is 66.2 cm³/mol. The van der Waals surface area contributed by atoms with E-state index in [4.69, 9.17) is 0 Å². The minimum Gasteiger partial charge on any atom is -0.313 e. The Hall–Kier alpha value is -2.05. The van der Waals surface area contributed by atoms with Crippen LogP contribution in [0.1, 0.15) is 19.4 Å². The van der Waals surface area contributed by atoms with E-state index in [9.17, 15) is 22.8 Å². The number of carbonyl (C=O) groups is 2. The summed E-state index contributed by atoms with van der Waals surface area (Å²) < 4.78 is 37.4. The number of nitrogens with zero attached hydrogens (tertiary/aromatic N) is 2. The van der Waals surface area contributed by atoms with E-state index < -0.39 is 29.2 Å². The zero-order valence-electron chi connectivity index (χ0n) is 11.2. The van der Waals surface area contributed by atoms with Gasteiger partial charge in [0, 0.05) is 7.05 Å². The van der Waals surface area contributed by atoms with Gasteiger partial charge in [-0.05, 0) is 38.1 Å². The van der Waals surface area contributed by atoms with Crippen LogP contribution < -0.4 is 4.90 Å². The molecule has 4 nitrogen and oxygen atoms in total. The molecule has 108 valence electrons. The second-order valence-corrected chi connectivity index (χ2v) is 5.09. The van der Waals surface area contributed by atoms with Crippen LogP contribution in [0.3, 0.4) is 0 Å². The summed E-state index contributed by atoms with van der Waals surface area (Å²) in [4.78, 5) is 26.3. The molecule has 1 fully saturated rings. The van der Waals surface area contributed by atoms with Crippen LogP contribution in [0, 0.1) is 0 Å². The molecule has 1 aliphatic rings. The summed E-state index contributed by atoms with van der Waals surface area (Å²) in [7, 11) is 1.48. The maximum Gasteiger partial charge on any atom is 0.416 e. The molecule has 0 unspecified atom stereocenters. The predicted octanol–water partition coefficient (Wildman–Crippen LogP) is 2.88. The van der Waals surface area contributed by atoms with Gasteiger partial charge in [0.05, 0.1) is 11.3 Å². The van der Waals surface area contributed by atoms with E-state index in [1.165, 1.54) is 11.9 Å². The van der Waals surface area contributed by atoms with Crippen molar-refractivity contribution in [2.75, 3.05) is 11.9 Å². The lowest BCUT2D eigenvalue weighted by Crippen LogP contribution is -2.41. The highest BCUT2D eigenvalue weighted by atomic mass is 19.4. The van der Waals surface area contributed by atoms with Gasteiger partial charge in [-0.1, -0.05) is 0 Å². The smallest absolute Gasteiger partial charge is 0.313 e.